The molecule has 1 aromatic carbocycles. The first kappa shape index (κ1) is 11.9. The molecule has 1 fully saturated rings. The number of aliphatic carboxylic acids is 1. The number of hydrogen-bond acceptors (Lipinski definition) is 1. The summed E-state index contributed by atoms with van der Waals surface area (Å²) in [6.45, 7) is 0. The lowest BCUT2D eigenvalue weighted by atomic mass is 10.0. The number of benzene rings is 1. The fourth-order valence-electron chi connectivity index (χ4n) is 1.79. The van der Waals surface area contributed by atoms with Gasteiger partial charge in [-0.25, -0.2) is 4.39 Å². The van der Waals surface area contributed by atoms with Gasteiger partial charge in [0.15, 0.2) is 0 Å². The summed E-state index contributed by atoms with van der Waals surface area (Å²) >= 11 is 0. The van der Waals surface area contributed by atoms with E-state index in [-0.39, 0.29) is 12.0 Å². The number of alkyl halides is 4. The van der Waals surface area contributed by atoms with Crippen molar-refractivity contribution in [2.45, 2.75) is 18.3 Å². The average Bonchev–Trinajstić information content (AvgIpc) is 2.92. The van der Waals surface area contributed by atoms with Gasteiger partial charge in [0.2, 0.25) is 0 Å². The SMILES string of the molecule is O=C(O)[C@@H]1C[C@]1(F)c1cccc(C(F)(F)F)c1. The second-order valence-electron chi connectivity index (χ2n) is 4.04. The summed E-state index contributed by atoms with van der Waals surface area (Å²) in [5.41, 5.74) is -3.35. The molecule has 2 atom stereocenters. The highest BCUT2D eigenvalue weighted by Gasteiger charge is 2.61. The lowest BCUT2D eigenvalue weighted by molar-refractivity contribution is -0.139. The summed E-state index contributed by atoms with van der Waals surface area (Å²) in [6, 6.07) is 3.75. The Balaban J connectivity index is 2.33. The zero-order chi connectivity index (χ0) is 12.8. The highest BCUT2D eigenvalue weighted by molar-refractivity contribution is 5.76. The van der Waals surface area contributed by atoms with E-state index >= 15 is 0 Å². The molecule has 92 valence electrons. The zero-order valence-electron chi connectivity index (χ0n) is 8.46. The molecule has 1 aromatic rings. The summed E-state index contributed by atoms with van der Waals surface area (Å²) in [7, 11) is 0. The Kier molecular flexibility index (Phi) is 2.41. The molecular weight excluding hydrogens is 240 g/mol. The van der Waals surface area contributed by atoms with Gasteiger partial charge in [-0.2, -0.15) is 13.2 Å². The Labute approximate surface area is 93.9 Å². The van der Waals surface area contributed by atoms with Crippen LogP contribution in [-0.2, 0) is 16.6 Å². The standard InChI is InChI=1S/C11H8F4O2/c12-10(5-8(10)9(16)17)6-2-1-3-7(4-6)11(13,14)15/h1-4,8H,5H2,(H,16,17)/t8-,10-/m0/s1. The Hall–Kier alpha value is -1.59. The van der Waals surface area contributed by atoms with Gasteiger partial charge in [0.25, 0.3) is 0 Å². The van der Waals surface area contributed by atoms with Crippen molar-refractivity contribution in [2.75, 3.05) is 0 Å². The quantitative estimate of drug-likeness (QED) is 0.817. The number of carboxylic acid groups (broad SMARTS) is 1. The maximum atomic E-state index is 14.0. The summed E-state index contributed by atoms with van der Waals surface area (Å²) in [6.07, 6.45) is -4.83. The first-order chi connectivity index (χ1) is 7.75. The highest BCUT2D eigenvalue weighted by atomic mass is 19.4. The number of carboxylic acids is 1. The van der Waals surface area contributed by atoms with Crippen molar-refractivity contribution >= 4 is 5.97 Å². The molecule has 0 radical (unpaired) electrons. The molecule has 0 unspecified atom stereocenters. The second-order valence-corrected chi connectivity index (χ2v) is 4.04. The summed E-state index contributed by atoms with van der Waals surface area (Å²) in [4.78, 5) is 10.6. The molecule has 1 N–H and O–H groups in total. The van der Waals surface area contributed by atoms with Crippen LogP contribution in [0.4, 0.5) is 17.6 Å². The van der Waals surface area contributed by atoms with Gasteiger partial charge in [-0.15, -0.1) is 0 Å². The van der Waals surface area contributed by atoms with Crippen molar-refractivity contribution < 1.29 is 27.5 Å². The van der Waals surface area contributed by atoms with Crippen LogP contribution in [0, 0.1) is 5.92 Å². The van der Waals surface area contributed by atoms with Gasteiger partial charge < -0.3 is 5.11 Å². The molecule has 1 saturated carbocycles. The number of rotatable bonds is 2. The van der Waals surface area contributed by atoms with E-state index < -0.39 is 29.3 Å². The van der Waals surface area contributed by atoms with Gasteiger partial charge in [-0.3, -0.25) is 4.79 Å². The lowest BCUT2D eigenvalue weighted by Gasteiger charge is -2.11. The minimum absolute atomic E-state index is 0.222. The fourth-order valence-corrected chi connectivity index (χ4v) is 1.79. The van der Waals surface area contributed by atoms with E-state index in [1.54, 1.807) is 0 Å². The van der Waals surface area contributed by atoms with Crippen LogP contribution in [-0.4, -0.2) is 11.1 Å². The molecule has 17 heavy (non-hydrogen) atoms. The van der Waals surface area contributed by atoms with Crippen molar-refractivity contribution in [1.82, 2.24) is 0 Å². The second kappa shape index (κ2) is 3.45. The van der Waals surface area contributed by atoms with Gasteiger partial charge in [0.05, 0.1) is 11.5 Å². The van der Waals surface area contributed by atoms with E-state index in [4.69, 9.17) is 5.11 Å². The highest BCUT2D eigenvalue weighted by Crippen LogP contribution is 2.56. The molecule has 6 heteroatoms. The van der Waals surface area contributed by atoms with Gasteiger partial charge in [0.1, 0.15) is 5.67 Å². The Morgan fingerprint density at radius 3 is 2.53 bits per heavy atom. The first-order valence-electron chi connectivity index (χ1n) is 4.84. The molecule has 0 heterocycles. The maximum absolute atomic E-state index is 14.0. The zero-order valence-corrected chi connectivity index (χ0v) is 8.46. The minimum atomic E-state index is -4.56. The summed E-state index contributed by atoms with van der Waals surface area (Å²) < 4.78 is 51.1. The molecule has 0 amide bonds. The van der Waals surface area contributed by atoms with Crippen LogP contribution in [0.2, 0.25) is 0 Å². The van der Waals surface area contributed by atoms with E-state index in [9.17, 15) is 22.4 Å². The van der Waals surface area contributed by atoms with Crippen molar-refractivity contribution in [3.63, 3.8) is 0 Å². The Bertz CT molecular complexity index is 469. The van der Waals surface area contributed by atoms with Crippen LogP contribution in [0.15, 0.2) is 24.3 Å². The van der Waals surface area contributed by atoms with E-state index in [1.807, 2.05) is 0 Å². The number of halogens is 4. The van der Waals surface area contributed by atoms with Crippen molar-refractivity contribution in [3.8, 4) is 0 Å². The van der Waals surface area contributed by atoms with Crippen LogP contribution >= 0.6 is 0 Å². The molecule has 1 aliphatic rings. The minimum Gasteiger partial charge on any atom is -0.481 e. The molecule has 2 nitrogen and oxygen atoms in total. The van der Waals surface area contributed by atoms with E-state index in [0.29, 0.717) is 6.07 Å². The van der Waals surface area contributed by atoms with Crippen molar-refractivity contribution in [3.05, 3.63) is 35.4 Å². The van der Waals surface area contributed by atoms with Crippen LogP contribution in [0.1, 0.15) is 17.5 Å². The largest absolute Gasteiger partial charge is 0.481 e. The third-order valence-electron chi connectivity index (χ3n) is 2.86. The monoisotopic (exact) mass is 248 g/mol. The van der Waals surface area contributed by atoms with Gasteiger partial charge in [-0.05, 0) is 17.7 Å². The van der Waals surface area contributed by atoms with Crippen LogP contribution in [0.25, 0.3) is 0 Å². The average molecular weight is 248 g/mol. The number of hydrogen-bond donors (Lipinski definition) is 1. The van der Waals surface area contributed by atoms with Gasteiger partial charge >= 0.3 is 12.1 Å². The Morgan fingerprint density at radius 2 is 2.06 bits per heavy atom. The first-order valence-corrected chi connectivity index (χ1v) is 4.84. The third-order valence-corrected chi connectivity index (χ3v) is 2.86. The molecule has 0 bridgehead atoms. The smallest absolute Gasteiger partial charge is 0.416 e. The van der Waals surface area contributed by atoms with Crippen molar-refractivity contribution in [1.29, 1.82) is 0 Å². The molecule has 0 aliphatic heterocycles. The van der Waals surface area contributed by atoms with Crippen molar-refractivity contribution in [2.24, 2.45) is 5.92 Å². The molecule has 1 aliphatic carbocycles. The Morgan fingerprint density at radius 1 is 1.41 bits per heavy atom. The lowest BCUT2D eigenvalue weighted by Crippen LogP contribution is -2.12. The normalized spacial score (nSPS) is 27.9. The van der Waals surface area contributed by atoms with Gasteiger partial charge in [0, 0.05) is 6.42 Å². The van der Waals surface area contributed by atoms with Gasteiger partial charge in [-0.1, -0.05) is 12.1 Å². The van der Waals surface area contributed by atoms with E-state index in [2.05, 4.69) is 0 Å². The topological polar surface area (TPSA) is 37.3 Å². The predicted octanol–water partition coefficient (Wildman–Crippen LogP) is 2.97. The van der Waals surface area contributed by atoms with Crippen LogP contribution in [0.3, 0.4) is 0 Å². The molecule has 2 rings (SSSR count). The maximum Gasteiger partial charge on any atom is 0.416 e. The predicted molar refractivity (Wildman–Crippen MR) is 50.0 cm³/mol. The van der Waals surface area contributed by atoms with E-state index in [0.717, 1.165) is 12.1 Å². The van der Waals surface area contributed by atoms with Crippen LogP contribution in [0.5, 0.6) is 0 Å². The molecule has 0 spiro atoms. The molecular formula is C11H8F4O2. The molecule has 0 saturated heterocycles. The molecule has 0 aromatic heterocycles. The fraction of sp³-hybridized carbons (Fsp3) is 0.364. The third kappa shape index (κ3) is 1.99. The van der Waals surface area contributed by atoms with E-state index in [1.165, 1.54) is 6.07 Å². The summed E-state index contributed by atoms with van der Waals surface area (Å²) in [5, 5.41) is 8.62. The van der Waals surface area contributed by atoms with Crippen LogP contribution < -0.4 is 0 Å². The summed E-state index contributed by atoms with van der Waals surface area (Å²) in [5.74, 6) is -2.57. The number of carbonyl (C=O) groups is 1.